The van der Waals surface area contributed by atoms with Gasteiger partial charge in [-0.25, -0.2) is 4.68 Å². The molecule has 0 saturated heterocycles. The molecule has 2 N–H and O–H groups in total. The summed E-state index contributed by atoms with van der Waals surface area (Å²) in [6.07, 6.45) is 0.924. The van der Waals surface area contributed by atoms with E-state index < -0.39 is 0 Å². The molecular formula is C18H20N4O. The second-order valence-electron chi connectivity index (χ2n) is 5.18. The molecule has 1 aromatic heterocycles. The summed E-state index contributed by atoms with van der Waals surface area (Å²) in [6, 6.07) is 17.9. The highest BCUT2D eigenvalue weighted by Gasteiger charge is 2.15. The van der Waals surface area contributed by atoms with Crippen LogP contribution >= 0.6 is 0 Å². The molecule has 0 aliphatic rings. The Kier molecular flexibility index (Phi) is 4.68. The summed E-state index contributed by atoms with van der Waals surface area (Å²) in [5.41, 5.74) is 9.69. The average molecular weight is 308 g/mol. The van der Waals surface area contributed by atoms with Gasteiger partial charge in [-0.3, -0.25) is 0 Å². The molecule has 5 nitrogen and oxygen atoms in total. The summed E-state index contributed by atoms with van der Waals surface area (Å²) in [4.78, 5) is 0. The first-order chi connectivity index (χ1) is 11.3. The van der Waals surface area contributed by atoms with Gasteiger partial charge in [-0.05, 0) is 30.2 Å². The lowest BCUT2D eigenvalue weighted by Crippen LogP contribution is -2.10. The number of aryl methyl sites for hydroxylation is 1. The van der Waals surface area contributed by atoms with Crippen LogP contribution < -0.4 is 10.5 Å². The fourth-order valence-corrected chi connectivity index (χ4v) is 2.51. The fraction of sp³-hybridized carbons (Fsp3) is 0.222. The van der Waals surface area contributed by atoms with Gasteiger partial charge in [0.15, 0.2) is 0 Å². The molecule has 23 heavy (non-hydrogen) atoms. The van der Waals surface area contributed by atoms with Crippen LogP contribution in [0.2, 0.25) is 0 Å². The van der Waals surface area contributed by atoms with Crippen LogP contribution in [0.25, 0.3) is 5.69 Å². The largest absolute Gasteiger partial charge is 0.487 e. The number of nitrogens with two attached hydrogens (primary N) is 1. The lowest BCUT2D eigenvalue weighted by atomic mass is 10.1. The molecular weight excluding hydrogens is 288 g/mol. The van der Waals surface area contributed by atoms with Crippen molar-refractivity contribution in [3.8, 4) is 11.4 Å². The molecule has 0 radical (unpaired) electrons. The van der Waals surface area contributed by atoms with E-state index in [1.807, 2.05) is 53.2 Å². The second kappa shape index (κ2) is 7.07. The molecule has 0 saturated carbocycles. The molecule has 0 fully saturated rings. The van der Waals surface area contributed by atoms with Gasteiger partial charge in [0.25, 0.3) is 0 Å². The minimum absolute atomic E-state index is 0.335. The molecule has 0 aliphatic heterocycles. The van der Waals surface area contributed by atoms with Gasteiger partial charge in [0, 0.05) is 6.54 Å². The van der Waals surface area contributed by atoms with Crippen molar-refractivity contribution in [2.24, 2.45) is 5.73 Å². The predicted octanol–water partition coefficient (Wildman–Crippen LogP) is 2.87. The molecule has 3 aromatic rings. The maximum absolute atomic E-state index is 5.87. The van der Waals surface area contributed by atoms with Crippen LogP contribution in [0.3, 0.4) is 0 Å². The summed E-state index contributed by atoms with van der Waals surface area (Å²) < 4.78 is 7.71. The zero-order valence-corrected chi connectivity index (χ0v) is 13.1. The first-order valence-electron chi connectivity index (χ1n) is 7.73. The van der Waals surface area contributed by atoms with Crippen molar-refractivity contribution < 1.29 is 4.74 Å². The van der Waals surface area contributed by atoms with E-state index in [1.165, 1.54) is 5.56 Å². The van der Waals surface area contributed by atoms with E-state index in [4.69, 9.17) is 10.5 Å². The normalized spacial score (nSPS) is 10.7. The Hall–Kier alpha value is -2.66. The highest BCUT2D eigenvalue weighted by molar-refractivity contribution is 5.42. The van der Waals surface area contributed by atoms with Gasteiger partial charge in [-0.1, -0.05) is 48.5 Å². The average Bonchev–Trinajstić information content (AvgIpc) is 3.03. The van der Waals surface area contributed by atoms with Crippen LogP contribution in [-0.2, 0) is 19.6 Å². The number of nitrogens with zero attached hydrogens (tertiary/aromatic N) is 3. The number of aromatic nitrogens is 3. The quantitative estimate of drug-likeness (QED) is 0.760. The van der Waals surface area contributed by atoms with E-state index in [0.29, 0.717) is 13.2 Å². The van der Waals surface area contributed by atoms with Gasteiger partial charge in [0.2, 0.25) is 0 Å². The maximum atomic E-state index is 5.87. The number of benzene rings is 2. The van der Waals surface area contributed by atoms with Crippen LogP contribution in [0.4, 0.5) is 0 Å². The van der Waals surface area contributed by atoms with Gasteiger partial charge < -0.3 is 10.5 Å². The second-order valence-corrected chi connectivity index (χ2v) is 5.18. The fourth-order valence-electron chi connectivity index (χ4n) is 2.51. The lowest BCUT2D eigenvalue weighted by Gasteiger charge is -2.12. The van der Waals surface area contributed by atoms with Gasteiger partial charge >= 0.3 is 0 Å². The standard InChI is InChI=1S/C18H20N4O/c1-2-14-8-6-7-11-17(14)22-18(16(12-19)20-21-22)13-23-15-9-4-3-5-10-15/h3-11H,2,12-13,19H2,1H3. The van der Waals surface area contributed by atoms with Gasteiger partial charge in [0.1, 0.15) is 23.7 Å². The number of ether oxygens (including phenoxy) is 1. The van der Waals surface area contributed by atoms with Crippen LogP contribution in [-0.4, -0.2) is 15.0 Å². The minimum atomic E-state index is 0.335. The number of rotatable bonds is 6. The topological polar surface area (TPSA) is 66.0 Å². The molecule has 0 spiro atoms. The molecule has 5 heteroatoms. The summed E-state index contributed by atoms with van der Waals surface area (Å²) in [5, 5.41) is 8.49. The zero-order chi connectivity index (χ0) is 16.1. The van der Waals surface area contributed by atoms with E-state index >= 15 is 0 Å². The Morgan fingerprint density at radius 1 is 1.04 bits per heavy atom. The molecule has 3 rings (SSSR count). The minimum Gasteiger partial charge on any atom is -0.487 e. The van der Waals surface area contributed by atoms with Crippen molar-refractivity contribution in [2.75, 3.05) is 0 Å². The Morgan fingerprint density at radius 2 is 1.78 bits per heavy atom. The first-order valence-corrected chi connectivity index (χ1v) is 7.73. The predicted molar refractivity (Wildman–Crippen MR) is 89.4 cm³/mol. The monoisotopic (exact) mass is 308 g/mol. The molecule has 2 aromatic carbocycles. The first kappa shape index (κ1) is 15.2. The number of para-hydroxylation sites is 2. The summed E-state index contributed by atoms with van der Waals surface area (Å²) in [5.74, 6) is 0.812. The Balaban J connectivity index is 1.94. The molecule has 0 atom stereocenters. The van der Waals surface area contributed by atoms with Crippen LogP contribution in [0.1, 0.15) is 23.9 Å². The Labute approximate surface area is 135 Å². The third-order valence-electron chi connectivity index (χ3n) is 3.76. The Bertz CT molecular complexity index is 768. The lowest BCUT2D eigenvalue weighted by molar-refractivity contribution is 0.296. The number of hydrogen-bond acceptors (Lipinski definition) is 4. The molecule has 118 valence electrons. The van der Waals surface area contributed by atoms with E-state index in [0.717, 1.165) is 29.2 Å². The molecule has 0 unspecified atom stereocenters. The molecule has 0 bridgehead atoms. The van der Waals surface area contributed by atoms with Gasteiger partial charge in [-0.2, -0.15) is 0 Å². The van der Waals surface area contributed by atoms with Crippen LogP contribution in [0, 0.1) is 0 Å². The van der Waals surface area contributed by atoms with E-state index in [9.17, 15) is 0 Å². The molecule has 0 aliphatic carbocycles. The third-order valence-corrected chi connectivity index (χ3v) is 3.76. The highest BCUT2D eigenvalue weighted by Crippen LogP contribution is 2.20. The van der Waals surface area contributed by atoms with Crippen molar-refractivity contribution in [2.45, 2.75) is 26.5 Å². The van der Waals surface area contributed by atoms with Gasteiger partial charge in [-0.15, -0.1) is 5.10 Å². The summed E-state index contributed by atoms with van der Waals surface area (Å²) in [6.45, 7) is 2.84. The van der Waals surface area contributed by atoms with Crippen molar-refractivity contribution in [1.29, 1.82) is 0 Å². The highest BCUT2D eigenvalue weighted by atomic mass is 16.5. The molecule has 1 heterocycles. The maximum Gasteiger partial charge on any atom is 0.132 e. The smallest absolute Gasteiger partial charge is 0.132 e. The SMILES string of the molecule is CCc1ccccc1-n1nnc(CN)c1COc1ccccc1. The Morgan fingerprint density at radius 3 is 2.52 bits per heavy atom. The summed E-state index contributed by atoms with van der Waals surface area (Å²) in [7, 11) is 0. The van der Waals surface area contributed by atoms with Gasteiger partial charge in [0.05, 0.1) is 5.69 Å². The van der Waals surface area contributed by atoms with Crippen molar-refractivity contribution >= 4 is 0 Å². The number of hydrogen-bond donors (Lipinski definition) is 1. The zero-order valence-electron chi connectivity index (χ0n) is 13.1. The van der Waals surface area contributed by atoms with Crippen LogP contribution in [0.15, 0.2) is 54.6 Å². The molecule has 0 amide bonds. The van der Waals surface area contributed by atoms with E-state index in [-0.39, 0.29) is 0 Å². The van der Waals surface area contributed by atoms with Crippen molar-refractivity contribution in [3.63, 3.8) is 0 Å². The van der Waals surface area contributed by atoms with Crippen molar-refractivity contribution in [3.05, 3.63) is 71.5 Å². The van der Waals surface area contributed by atoms with E-state index in [2.05, 4.69) is 23.3 Å². The third kappa shape index (κ3) is 3.24. The summed E-state index contributed by atoms with van der Waals surface area (Å²) >= 11 is 0. The van der Waals surface area contributed by atoms with Crippen molar-refractivity contribution in [1.82, 2.24) is 15.0 Å². The van der Waals surface area contributed by atoms with Crippen LogP contribution in [0.5, 0.6) is 5.75 Å². The van der Waals surface area contributed by atoms with E-state index in [1.54, 1.807) is 0 Å².